The highest BCUT2D eigenvalue weighted by atomic mass is 16.1. The van der Waals surface area contributed by atoms with Crippen molar-refractivity contribution in [2.24, 2.45) is 0 Å². The first-order chi connectivity index (χ1) is 9.79. The Hall–Kier alpha value is -1.35. The summed E-state index contributed by atoms with van der Waals surface area (Å²) >= 11 is 0. The maximum absolute atomic E-state index is 12.2. The van der Waals surface area contributed by atoms with Gasteiger partial charge in [0, 0.05) is 43.3 Å². The van der Waals surface area contributed by atoms with E-state index in [4.69, 9.17) is 0 Å². The molecule has 0 aromatic heterocycles. The van der Waals surface area contributed by atoms with Crippen LogP contribution in [-0.4, -0.2) is 42.9 Å². The van der Waals surface area contributed by atoms with Crippen LogP contribution in [0, 0.1) is 0 Å². The van der Waals surface area contributed by atoms with Gasteiger partial charge in [0.15, 0.2) is 5.78 Å². The zero-order valence-electron chi connectivity index (χ0n) is 12.3. The molecule has 2 aliphatic heterocycles. The summed E-state index contributed by atoms with van der Waals surface area (Å²) in [7, 11) is 0. The summed E-state index contributed by atoms with van der Waals surface area (Å²) in [5.41, 5.74) is 2.05. The number of nitrogens with zero attached hydrogens (tertiary/aromatic N) is 2. The van der Waals surface area contributed by atoms with Gasteiger partial charge in [-0.05, 0) is 37.9 Å². The van der Waals surface area contributed by atoms with Crippen molar-refractivity contribution in [2.45, 2.75) is 38.6 Å². The first kappa shape index (κ1) is 13.6. The first-order valence-corrected chi connectivity index (χ1v) is 7.91. The summed E-state index contributed by atoms with van der Waals surface area (Å²) in [6.07, 6.45) is 4.42. The van der Waals surface area contributed by atoms with Crippen molar-refractivity contribution in [3.8, 4) is 0 Å². The largest absolute Gasteiger partial charge is 0.369 e. The number of para-hydroxylation sites is 1. The molecular weight excluding hydrogens is 248 g/mol. The van der Waals surface area contributed by atoms with Gasteiger partial charge in [-0.2, -0.15) is 0 Å². The average molecular weight is 272 g/mol. The Bertz CT molecular complexity index is 486. The average Bonchev–Trinajstić information content (AvgIpc) is 2.83. The highest BCUT2D eigenvalue weighted by Crippen LogP contribution is 2.27. The van der Waals surface area contributed by atoms with Crippen LogP contribution < -0.4 is 4.90 Å². The van der Waals surface area contributed by atoms with Crippen LogP contribution in [0.25, 0.3) is 0 Å². The number of carbonyl (C=O) groups is 1. The Kier molecular flexibility index (Phi) is 4.06. The number of Topliss-reactive ketones (excluding diaryl/α,β-unsaturated/α-hetero) is 1. The SMILES string of the molecule is CCC(=O)c1ccccc1N1CCCN2CCCC2C1. The van der Waals surface area contributed by atoms with Crippen molar-refractivity contribution in [3.05, 3.63) is 29.8 Å². The van der Waals surface area contributed by atoms with Crippen LogP contribution in [0.4, 0.5) is 5.69 Å². The minimum Gasteiger partial charge on any atom is -0.369 e. The van der Waals surface area contributed by atoms with Gasteiger partial charge in [-0.15, -0.1) is 0 Å². The number of anilines is 1. The van der Waals surface area contributed by atoms with Crippen LogP contribution in [0.1, 0.15) is 43.0 Å². The maximum Gasteiger partial charge on any atom is 0.164 e. The molecule has 3 rings (SSSR count). The van der Waals surface area contributed by atoms with E-state index in [1.807, 2.05) is 19.1 Å². The molecule has 0 spiro atoms. The number of ketones is 1. The first-order valence-electron chi connectivity index (χ1n) is 7.91. The molecule has 3 nitrogen and oxygen atoms in total. The zero-order valence-corrected chi connectivity index (χ0v) is 12.3. The van der Waals surface area contributed by atoms with Gasteiger partial charge in [-0.1, -0.05) is 19.1 Å². The molecule has 1 aromatic carbocycles. The Morgan fingerprint density at radius 3 is 2.85 bits per heavy atom. The summed E-state index contributed by atoms with van der Waals surface area (Å²) in [6, 6.07) is 8.82. The molecule has 2 fully saturated rings. The molecule has 2 heterocycles. The Balaban J connectivity index is 1.86. The van der Waals surface area contributed by atoms with Gasteiger partial charge in [0.05, 0.1) is 0 Å². The lowest BCUT2D eigenvalue weighted by atomic mass is 10.0. The normalized spacial score (nSPS) is 23.4. The quantitative estimate of drug-likeness (QED) is 0.790. The van der Waals surface area contributed by atoms with Crippen molar-refractivity contribution >= 4 is 11.5 Å². The van der Waals surface area contributed by atoms with Crippen LogP contribution in [0.2, 0.25) is 0 Å². The van der Waals surface area contributed by atoms with E-state index in [2.05, 4.69) is 21.9 Å². The van der Waals surface area contributed by atoms with Gasteiger partial charge < -0.3 is 4.90 Å². The summed E-state index contributed by atoms with van der Waals surface area (Å²) in [5, 5.41) is 0. The van der Waals surface area contributed by atoms with Crippen LogP contribution in [0.5, 0.6) is 0 Å². The number of rotatable bonds is 3. The fourth-order valence-corrected chi connectivity index (χ4v) is 3.60. The molecule has 0 saturated carbocycles. The molecule has 0 amide bonds. The van der Waals surface area contributed by atoms with Gasteiger partial charge in [-0.25, -0.2) is 0 Å². The van der Waals surface area contributed by atoms with E-state index < -0.39 is 0 Å². The lowest BCUT2D eigenvalue weighted by molar-refractivity contribution is 0.0988. The van der Waals surface area contributed by atoms with Gasteiger partial charge in [-0.3, -0.25) is 9.69 Å². The third-order valence-electron chi connectivity index (χ3n) is 4.67. The molecule has 2 aliphatic rings. The molecule has 1 unspecified atom stereocenters. The molecule has 0 radical (unpaired) electrons. The van der Waals surface area contributed by atoms with E-state index in [9.17, 15) is 4.79 Å². The van der Waals surface area contributed by atoms with Crippen LogP contribution in [0.15, 0.2) is 24.3 Å². The summed E-state index contributed by atoms with van der Waals surface area (Å²) in [6.45, 7) is 6.56. The summed E-state index contributed by atoms with van der Waals surface area (Å²) < 4.78 is 0. The molecular formula is C17H24N2O. The van der Waals surface area contributed by atoms with Crippen LogP contribution in [-0.2, 0) is 0 Å². The lowest BCUT2D eigenvalue weighted by Gasteiger charge is -2.28. The number of carbonyl (C=O) groups excluding carboxylic acids is 1. The predicted molar refractivity (Wildman–Crippen MR) is 82.5 cm³/mol. The Labute approximate surface area is 121 Å². The maximum atomic E-state index is 12.2. The van der Waals surface area contributed by atoms with E-state index in [1.165, 1.54) is 32.4 Å². The van der Waals surface area contributed by atoms with Crippen molar-refractivity contribution in [1.29, 1.82) is 0 Å². The molecule has 0 aliphatic carbocycles. The number of hydrogen-bond acceptors (Lipinski definition) is 3. The Morgan fingerprint density at radius 2 is 2.00 bits per heavy atom. The van der Waals surface area contributed by atoms with E-state index in [1.54, 1.807) is 0 Å². The number of hydrogen-bond donors (Lipinski definition) is 0. The molecule has 3 heteroatoms. The topological polar surface area (TPSA) is 23.6 Å². The molecule has 1 aromatic rings. The smallest absolute Gasteiger partial charge is 0.164 e. The predicted octanol–water partition coefficient (Wildman–Crippen LogP) is 2.95. The van der Waals surface area contributed by atoms with Crippen molar-refractivity contribution in [3.63, 3.8) is 0 Å². The van der Waals surface area contributed by atoms with Gasteiger partial charge in [0.2, 0.25) is 0 Å². The second-order valence-corrected chi connectivity index (χ2v) is 5.93. The minimum absolute atomic E-state index is 0.258. The molecule has 20 heavy (non-hydrogen) atoms. The van der Waals surface area contributed by atoms with E-state index >= 15 is 0 Å². The van der Waals surface area contributed by atoms with Crippen LogP contribution >= 0.6 is 0 Å². The summed E-state index contributed by atoms with van der Waals surface area (Å²) in [5.74, 6) is 0.258. The van der Waals surface area contributed by atoms with E-state index in [0.717, 1.165) is 24.3 Å². The highest BCUT2D eigenvalue weighted by Gasteiger charge is 2.29. The van der Waals surface area contributed by atoms with Gasteiger partial charge in [0.1, 0.15) is 0 Å². The van der Waals surface area contributed by atoms with Crippen molar-refractivity contribution in [1.82, 2.24) is 4.90 Å². The number of benzene rings is 1. The fraction of sp³-hybridized carbons (Fsp3) is 0.588. The summed E-state index contributed by atoms with van der Waals surface area (Å²) in [4.78, 5) is 17.2. The molecule has 108 valence electrons. The van der Waals surface area contributed by atoms with Crippen LogP contribution in [0.3, 0.4) is 0 Å². The zero-order chi connectivity index (χ0) is 13.9. The highest BCUT2D eigenvalue weighted by molar-refractivity contribution is 6.01. The number of fused-ring (bicyclic) bond motifs is 1. The standard InChI is InChI=1S/C17H24N2O/c1-2-17(20)15-8-3-4-9-16(15)19-12-6-11-18-10-5-7-14(18)13-19/h3-4,8-9,14H,2,5-7,10-13H2,1H3. The molecule has 0 bridgehead atoms. The molecule has 0 N–H and O–H groups in total. The fourth-order valence-electron chi connectivity index (χ4n) is 3.60. The lowest BCUT2D eigenvalue weighted by Crippen LogP contribution is -2.37. The minimum atomic E-state index is 0.258. The Morgan fingerprint density at radius 1 is 1.20 bits per heavy atom. The van der Waals surface area contributed by atoms with Gasteiger partial charge in [0.25, 0.3) is 0 Å². The molecule has 1 atom stereocenters. The van der Waals surface area contributed by atoms with Gasteiger partial charge >= 0.3 is 0 Å². The molecule has 2 saturated heterocycles. The van der Waals surface area contributed by atoms with E-state index in [0.29, 0.717) is 12.5 Å². The van der Waals surface area contributed by atoms with Crippen molar-refractivity contribution < 1.29 is 4.79 Å². The second-order valence-electron chi connectivity index (χ2n) is 5.93. The van der Waals surface area contributed by atoms with Crippen molar-refractivity contribution in [2.75, 3.05) is 31.1 Å². The third kappa shape index (κ3) is 2.59. The second kappa shape index (κ2) is 5.96. The van der Waals surface area contributed by atoms with E-state index in [-0.39, 0.29) is 5.78 Å². The third-order valence-corrected chi connectivity index (χ3v) is 4.67. The monoisotopic (exact) mass is 272 g/mol.